The standard InChI is InChI=1S/C14H19N3O3/c18-12-8-11(9-15-10-12)14(20)16-5-4-13(19)17-6-2-1-3-7-17/h8-10,18H,1-7H2,(H,16,20). The first kappa shape index (κ1) is 14.3. The lowest BCUT2D eigenvalue weighted by molar-refractivity contribution is -0.131. The van der Waals surface area contributed by atoms with Crippen molar-refractivity contribution in [1.82, 2.24) is 15.2 Å². The van der Waals surface area contributed by atoms with Crippen molar-refractivity contribution in [1.29, 1.82) is 0 Å². The monoisotopic (exact) mass is 277 g/mol. The highest BCUT2D eigenvalue weighted by atomic mass is 16.3. The van der Waals surface area contributed by atoms with Gasteiger partial charge < -0.3 is 15.3 Å². The second kappa shape index (κ2) is 6.88. The van der Waals surface area contributed by atoms with Crippen LogP contribution in [0.1, 0.15) is 36.0 Å². The molecular formula is C14H19N3O3. The van der Waals surface area contributed by atoms with Gasteiger partial charge in [-0.15, -0.1) is 0 Å². The molecule has 1 aliphatic rings. The molecule has 0 bridgehead atoms. The third kappa shape index (κ3) is 3.94. The molecule has 1 fully saturated rings. The Morgan fingerprint density at radius 3 is 2.70 bits per heavy atom. The van der Waals surface area contributed by atoms with Crippen LogP contribution in [0.5, 0.6) is 5.75 Å². The van der Waals surface area contributed by atoms with Gasteiger partial charge in [0, 0.05) is 32.3 Å². The Morgan fingerprint density at radius 2 is 2.00 bits per heavy atom. The number of rotatable bonds is 4. The lowest BCUT2D eigenvalue weighted by Crippen LogP contribution is -2.37. The Balaban J connectivity index is 1.75. The molecule has 2 amide bonds. The van der Waals surface area contributed by atoms with Gasteiger partial charge in [0.05, 0.1) is 11.8 Å². The number of nitrogens with zero attached hydrogens (tertiary/aromatic N) is 2. The highest BCUT2D eigenvalue weighted by molar-refractivity contribution is 5.94. The van der Waals surface area contributed by atoms with Crippen LogP contribution in [0.25, 0.3) is 0 Å². The van der Waals surface area contributed by atoms with E-state index in [4.69, 9.17) is 0 Å². The third-order valence-corrected chi connectivity index (χ3v) is 3.32. The Kier molecular flexibility index (Phi) is 4.92. The molecule has 1 saturated heterocycles. The average molecular weight is 277 g/mol. The van der Waals surface area contributed by atoms with E-state index in [9.17, 15) is 14.7 Å². The number of aromatic hydroxyl groups is 1. The van der Waals surface area contributed by atoms with Gasteiger partial charge in [0.2, 0.25) is 5.91 Å². The molecule has 108 valence electrons. The summed E-state index contributed by atoms with van der Waals surface area (Å²) < 4.78 is 0. The highest BCUT2D eigenvalue weighted by Crippen LogP contribution is 2.10. The maximum Gasteiger partial charge on any atom is 0.252 e. The quantitative estimate of drug-likeness (QED) is 0.857. The summed E-state index contributed by atoms with van der Waals surface area (Å²) in [5.41, 5.74) is 0.287. The van der Waals surface area contributed by atoms with Crippen molar-refractivity contribution < 1.29 is 14.7 Å². The van der Waals surface area contributed by atoms with Crippen molar-refractivity contribution in [2.45, 2.75) is 25.7 Å². The lowest BCUT2D eigenvalue weighted by Gasteiger charge is -2.26. The zero-order chi connectivity index (χ0) is 14.4. The first-order valence-electron chi connectivity index (χ1n) is 6.87. The van der Waals surface area contributed by atoms with Crippen LogP contribution in [0.3, 0.4) is 0 Å². The van der Waals surface area contributed by atoms with Crippen LogP contribution >= 0.6 is 0 Å². The van der Waals surface area contributed by atoms with Gasteiger partial charge in [-0.05, 0) is 25.3 Å². The summed E-state index contributed by atoms with van der Waals surface area (Å²) in [7, 11) is 0. The van der Waals surface area contributed by atoms with Gasteiger partial charge >= 0.3 is 0 Å². The summed E-state index contributed by atoms with van der Waals surface area (Å²) in [5.74, 6) is -0.305. The molecule has 2 rings (SSSR count). The molecule has 6 nitrogen and oxygen atoms in total. The lowest BCUT2D eigenvalue weighted by atomic mass is 10.1. The van der Waals surface area contributed by atoms with E-state index in [0.717, 1.165) is 25.9 Å². The molecule has 0 aliphatic carbocycles. The Bertz CT molecular complexity index is 484. The van der Waals surface area contributed by atoms with Gasteiger partial charge in [-0.1, -0.05) is 0 Å². The predicted octanol–water partition coefficient (Wildman–Crippen LogP) is 0.920. The number of nitrogens with one attached hydrogen (secondary N) is 1. The van der Waals surface area contributed by atoms with Gasteiger partial charge in [-0.3, -0.25) is 14.6 Å². The number of amides is 2. The van der Waals surface area contributed by atoms with Crippen LogP contribution in [0.2, 0.25) is 0 Å². The van der Waals surface area contributed by atoms with Crippen molar-refractivity contribution in [3.63, 3.8) is 0 Å². The zero-order valence-electron chi connectivity index (χ0n) is 11.3. The zero-order valence-corrected chi connectivity index (χ0v) is 11.3. The minimum absolute atomic E-state index is 0.0537. The maximum absolute atomic E-state index is 11.9. The van der Waals surface area contributed by atoms with Crippen LogP contribution < -0.4 is 5.32 Å². The fourth-order valence-electron chi connectivity index (χ4n) is 2.24. The number of pyridine rings is 1. The fraction of sp³-hybridized carbons (Fsp3) is 0.500. The minimum atomic E-state index is -0.333. The number of hydrogen-bond donors (Lipinski definition) is 2. The molecule has 20 heavy (non-hydrogen) atoms. The summed E-state index contributed by atoms with van der Waals surface area (Å²) in [6.45, 7) is 1.94. The van der Waals surface area contributed by atoms with E-state index < -0.39 is 0 Å². The molecule has 0 aromatic carbocycles. The van der Waals surface area contributed by atoms with E-state index in [1.807, 2.05) is 4.90 Å². The predicted molar refractivity (Wildman–Crippen MR) is 73.3 cm³/mol. The molecular weight excluding hydrogens is 258 g/mol. The van der Waals surface area contributed by atoms with Crippen molar-refractivity contribution in [2.75, 3.05) is 19.6 Å². The molecule has 1 aliphatic heterocycles. The van der Waals surface area contributed by atoms with Gasteiger partial charge in [0.1, 0.15) is 5.75 Å². The summed E-state index contributed by atoms with van der Waals surface area (Å²) in [6, 6.07) is 1.34. The second-order valence-electron chi connectivity index (χ2n) is 4.88. The van der Waals surface area contributed by atoms with Gasteiger partial charge in [0.25, 0.3) is 5.91 Å². The Hall–Kier alpha value is -2.11. The molecule has 0 spiro atoms. The number of carbonyl (C=O) groups excluding carboxylic acids is 2. The van der Waals surface area contributed by atoms with Crippen LogP contribution in [-0.2, 0) is 4.79 Å². The van der Waals surface area contributed by atoms with E-state index >= 15 is 0 Å². The van der Waals surface area contributed by atoms with E-state index in [2.05, 4.69) is 10.3 Å². The van der Waals surface area contributed by atoms with Crippen LogP contribution in [0.15, 0.2) is 18.5 Å². The molecule has 6 heteroatoms. The number of piperidine rings is 1. The fourth-order valence-corrected chi connectivity index (χ4v) is 2.24. The van der Waals surface area contributed by atoms with E-state index in [0.29, 0.717) is 13.0 Å². The second-order valence-corrected chi connectivity index (χ2v) is 4.88. The molecule has 2 heterocycles. The van der Waals surface area contributed by atoms with Gasteiger partial charge in [-0.25, -0.2) is 0 Å². The van der Waals surface area contributed by atoms with E-state index in [-0.39, 0.29) is 23.1 Å². The number of likely N-dealkylation sites (tertiary alicyclic amines) is 1. The largest absolute Gasteiger partial charge is 0.506 e. The first-order valence-corrected chi connectivity index (χ1v) is 6.87. The molecule has 0 unspecified atom stereocenters. The van der Waals surface area contributed by atoms with Crippen molar-refractivity contribution >= 4 is 11.8 Å². The highest BCUT2D eigenvalue weighted by Gasteiger charge is 2.16. The van der Waals surface area contributed by atoms with Crippen LogP contribution in [0.4, 0.5) is 0 Å². The SMILES string of the molecule is O=C(NCCC(=O)N1CCCCC1)c1cncc(O)c1. The smallest absolute Gasteiger partial charge is 0.252 e. The third-order valence-electron chi connectivity index (χ3n) is 3.32. The topological polar surface area (TPSA) is 82.5 Å². The average Bonchev–Trinajstić information content (AvgIpc) is 2.48. The van der Waals surface area contributed by atoms with Crippen LogP contribution in [0, 0.1) is 0 Å². The molecule has 0 radical (unpaired) electrons. The molecule has 0 atom stereocenters. The number of carbonyl (C=O) groups is 2. The molecule has 1 aromatic heterocycles. The number of aromatic nitrogens is 1. The summed E-state index contributed by atoms with van der Waals surface area (Å²) in [5, 5.41) is 11.9. The van der Waals surface area contributed by atoms with Crippen molar-refractivity contribution in [3.05, 3.63) is 24.0 Å². The summed E-state index contributed by atoms with van der Waals surface area (Å²) in [6.07, 6.45) is 6.25. The van der Waals surface area contributed by atoms with E-state index in [1.54, 1.807) is 0 Å². The van der Waals surface area contributed by atoms with Crippen molar-refractivity contribution in [2.24, 2.45) is 0 Å². The van der Waals surface area contributed by atoms with Gasteiger partial charge in [0.15, 0.2) is 0 Å². The minimum Gasteiger partial charge on any atom is -0.506 e. The summed E-state index contributed by atoms with van der Waals surface area (Å²) in [4.78, 5) is 29.2. The Labute approximate surface area is 117 Å². The number of hydrogen-bond acceptors (Lipinski definition) is 4. The van der Waals surface area contributed by atoms with Gasteiger partial charge in [-0.2, -0.15) is 0 Å². The normalized spacial score (nSPS) is 14.9. The van der Waals surface area contributed by atoms with Crippen molar-refractivity contribution in [3.8, 4) is 5.75 Å². The summed E-state index contributed by atoms with van der Waals surface area (Å²) >= 11 is 0. The molecule has 1 aromatic rings. The van der Waals surface area contributed by atoms with E-state index in [1.165, 1.54) is 24.9 Å². The molecule has 2 N–H and O–H groups in total. The first-order chi connectivity index (χ1) is 9.66. The molecule has 0 saturated carbocycles. The Morgan fingerprint density at radius 1 is 1.25 bits per heavy atom. The maximum atomic E-state index is 11.9. The van der Waals surface area contributed by atoms with Crippen LogP contribution in [-0.4, -0.2) is 46.4 Å².